The minimum atomic E-state index is -0.141. The van der Waals surface area contributed by atoms with Crippen molar-refractivity contribution >= 4 is 27.5 Å². The van der Waals surface area contributed by atoms with E-state index < -0.39 is 0 Å². The van der Waals surface area contributed by atoms with Crippen LogP contribution in [0.1, 0.15) is 9.85 Å². The molecule has 0 heterocycles. The predicted molar refractivity (Wildman–Crippen MR) is 50.5 cm³/mol. The van der Waals surface area contributed by atoms with Crippen LogP contribution >= 0.6 is 27.5 Å². The molecule has 0 aliphatic carbocycles. The molecule has 0 aromatic heterocycles. The summed E-state index contributed by atoms with van der Waals surface area (Å²) in [6.07, 6.45) is 0. The molecule has 60 valence electrons. The lowest BCUT2D eigenvalue weighted by Crippen LogP contribution is -1.85. The van der Waals surface area contributed by atoms with E-state index in [2.05, 4.69) is 15.9 Å². The van der Waals surface area contributed by atoms with Gasteiger partial charge in [-0.1, -0.05) is 28.1 Å². The number of halogens is 2. The standard InChI is InChI=1S/C8H8BrClO/c1-11-7-4-2-3-6(5-7)8(9)10/h2-5,8H,1H3. The van der Waals surface area contributed by atoms with Crippen molar-refractivity contribution in [3.05, 3.63) is 29.8 Å². The zero-order valence-corrected chi connectivity index (χ0v) is 8.39. The highest BCUT2D eigenvalue weighted by atomic mass is 79.9. The van der Waals surface area contributed by atoms with Crippen molar-refractivity contribution in [2.45, 2.75) is 4.29 Å². The number of hydrogen-bond donors (Lipinski definition) is 0. The van der Waals surface area contributed by atoms with E-state index >= 15 is 0 Å². The van der Waals surface area contributed by atoms with E-state index in [9.17, 15) is 0 Å². The third kappa shape index (κ3) is 2.38. The van der Waals surface area contributed by atoms with Crippen molar-refractivity contribution in [1.29, 1.82) is 0 Å². The van der Waals surface area contributed by atoms with Gasteiger partial charge in [-0.05, 0) is 17.7 Å². The molecule has 1 aromatic rings. The molecule has 1 aromatic carbocycles. The van der Waals surface area contributed by atoms with Gasteiger partial charge in [-0.3, -0.25) is 0 Å². The average Bonchev–Trinajstić information content (AvgIpc) is 2.05. The zero-order chi connectivity index (χ0) is 8.27. The van der Waals surface area contributed by atoms with Crippen molar-refractivity contribution < 1.29 is 4.74 Å². The quantitative estimate of drug-likeness (QED) is 0.715. The summed E-state index contributed by atoms with van der Waals surface area (Å²) < 4.78 is 4.88. The largest absolute Gasteiger partial charge is 0.497 e. The third-order valence-corrected chi connectivity index (χ3v) is 2.13. The van der Waals surface area contributed by atoms with E-state index in [1.807, 2.05) is 24.3 Å². The van der Waals surface area contributed by atoms with Crippen molar-refractivity contribution in [2.75, 3.05) is 7.11 Å². The van der Waals surface area contributed by atoms with Gasteiger partial charge in [0.25, 0.3) is 0 Å². The van der Waals surface area contributed by atoms with Gasteiger partial charge in [0.2, 0.25) is 0 Å². The van der Waals surface area contributed by atoms with Crippen LogP contribution in [-0.4, -0.2) is 7.11 Å². The Balaban J connectivity index is 2.91. The number of ether oxygens (including phenoxy) is 1. The summed E-state index contributed by atoms with van der Waals surface area (Å²) >= 11 is 9.05. The van der Waals surface area contributed by atoms with Gasteiger partial charge < -0.3 is 4.74 Å². The normalized spacial score (nSPS) is 12.6. The number of alkyl halides is 2. The molecule has 0 saturated heterocycles. The third-order valence-electron chi connectivity index (χ3n) is 1.35. The van der Waals surface area contributed by atoms with Crippen LogP contribution < -0.4 is 4.74 Å². The predicted octanol–water partition coefficient (Wildman–Crippen LogP) is 3.33. The lowest BCUT2D eigenvalue weighted by molar-refractivity contribution is 0.414. The van der Waals surface area contributed by atoms with Crippen LogP contribution in [0.25, 0.3) is 0 Å². The van der Waals surface area contributed by atoms with Gasteiger partial charge in [-0.2, -0.15) is 0 Å². The average molecular weight is 236 g/mol. The second-order valence-electron chi connectivity index (χ2n) is 2.08. The molecule has 0 amide bonds. The Bertz CT molecular complexity index is 237. The van der Waals surface area contributed by atoms with E-state index in [1.165, 1.54) is 0 Å². The van der Waals surface area contributed by atoms with E-state index in [0.29, 0.717) is 0 Å². The molecule has 0 spiro atoms. The molecular weight excluding hydrogens is 227 g/mol. The maximum Gasteiger partial charge on any atom is 0.119 e. The molecule has 0 fully saturated rings. The van der Waals surface area contributed by atoms with E-state index in [0.717, 1.165) is 11.3 Å². The lowest BCUT2D eigenvalue weighted by Gasteiger charge is -2.03. The molecule has 0 aliphatic heterocycles. The summed E-state index contributed by atoms with van der Waals surface area (Å²) in [6.45, 7) is 0. The fraction of sp³-hybridized carbons (Fsp3) is 0.250. The maximum atomic E-state index is 5.79. The van der Waals surface area contributed by atoms with Crippen LogP contribution in [-0.2, 0) is 0 Å². The molecule has 1 atom stereocenters. The van der Waals surface area contributed by atoms with Gasteiger partial charge in [0.1, 0.15) is 10.0 Å². The summed E-state index contributed by atoms with van der Waals surface area (Å²) in [5.41, 5.74) is 1.01. The first-order valence-corrected chi connectivity index (χ1v) is 4.51. The van der Waals surface area contributed by atoms with Gasteiger partial charge in [-0.25, -0.2) is 0 Å². The Hall–Kier alpha value is -0.210. The molecule has 0 bridgehead atoms. The van der Waals surface area contributed by atoms with Crippen molar-refractivity contribution in [3.63, 3.8) is 0 Å². The van der Waals surface area contributed by atoms with Crippen molar-refractivity contribution in [1.82, 2.24) is 0 Å². The molecule has 0 aliphatic rings. The van der Waals surface area contributed by atoms with Crippen LogP contribution in [0, 0.1) is 0 Å². The van der Waals surface area contributed by atoms with Crippen molar-refractivity contribution in [2.24, 2.45) is 0 Å². The summed E-state index contributed by atoms with van der Waals surface area (Å²) in [5.74, 6) is 0.826. The van der Waals surface area contributed by atoms with Crippen LogP contribution in [0.15, 0.2) is 24.3 Å². The fourth-order valence-electron chi connectivity index (χ4n) is 0.777. The number of hydrogen-bond acceptors (Lipinski definition) is 1. The molecule has 0 saturated carbocycles. The van der Waals surface area contributed by atoms with E-state index in [4.69, 9.17) is 16.3 Å². The Kier molecular flexibility index (Phi) is 3.21. The van der Waals surface area contributed by atoms with Crippen LogP contribution in [0.5, 0.6) is 5.75 Å². The molecule has 3 heteroatoms. The molecule has 0 radical (unpaired) electrons. The maximum absolute atomic E-state index is 5.79. The van der Waals surface area contributed by atoms with Gasteiger partial charge in [0.05, 0.1) is 7.11 Å². The Morgan fingerprint density at radius 2 is 2.27 bits per heavy atom. The summed E-state index contributed by atoms with van der Waals surface area (Å²) in [5, 5.41) is 0. The van der Waals surface area contributed by atoms with Gasteiger partial charge in [0, 0.05) is 0 Å². The summed E-state index contributed by atoms with van der Waals surface area (Å²) in [7, 11) is 1.64. The Morgan fingerprint density at radius 1 is 1.55 bits per heavy atom. The zero-order valence-electron chi connectivity index (χ0n) is 6.05. The Labute approximate surface area is 79.4 Å². The molecule has 1 unspecified atom stereocenters. The second-order valence-corrected chi connectivity index (χ2v) is 3.96. The fourth-order valence-corrected chi connectivity index (χ4v) is 1.20. The molecular formula is C8H8BrClO. The monoisotopic (exact) mass is 234 g/mol. The van der Waals surface area contributed by atoms with E-state index in [1.54, 1.807) is 7.11 Å². The first-order chi connectivity index (χ1) is 5.24. The number of methoxy groups -OCH3 is 1. The second kappa shape index (κ2) is 3.98. The highest BCUT2D eigenvalue weighted by Gasteiger charge is 2.02. The smallest absolute Gasteiger partial charge is 0.119 e. The molecule has 1 nitrogen and oxygen atoms in total. The minimum absolute atomic E-state index is 0.141. The van der Waals surface area contributed by atoms with Gasteiger partial charge >= 0.3 is 0 Å². The highest BCUT2D eigenvalue weighted by molar-refractivity contribution is 9.09. The van der Waals surface area contributed by atoms with Crippen LogP contribution in [0.3, 0.4) is 0 Å². The molecule has 11 heavy (non-hydrogen) atoms. The first-order valence-electron chi connectivity index (χ1n) is 3.16. The van der Waals surface area contributed by atoms with Crippen molar-refractivity contribution in [3.8, 4) is 5.75 Å². The van der Waals surface area contributed by atoms with Crippen LogP contribution in [0.4, 0.5) is 0 Å². The summed E-state index contributed by atoms with van der Waals surface area (Å²) in [4.78, 5) is 0. The highest BCUT2D eigenvalue weighted by Crippen LogP contribution is 2.28. The molecule has 0 N–H and O–H groups in total. The lowest BCUT2D eigenvalue weighted by atomic mass is 10.2. The Morgan fingerprint density at radius 3 is 2.82 bits per heavy atom. The summed E-state index contributed by atoms with van der Waals surface area (Å²) in [6, 6.07) is 7.63. The van der Waals surface area contributed by atoms with Gasteiger partial charge in [0.15, 0.2) is 0 Å². The van der Waals surface area contributed by atoms with Crippen LogP contribution in [0.2, 0.25) is 0 Å². The SMILES string of the molecule is COc1cccc(C(Cl)Br)c1. The first kappa shape index (κ1) is 8.88. The topological polar surface area (TPSA) is 9.23 Å². The number of rotatable bonds is 2. The number of benzene rings is 1. The minimum Gasteiger partial charge on any atom is -0.497 e. The van der Waals surface area contributed by atoms with E-state index in [-0.39, 0.29) is 4.29 Å². The van der Waals surface area contributed by atoms with Gasteiger partial charge in [-0.15, -0.1) is 11.6 Å². The molecule has 1 rings (SSSR count).